The average Bonchev–Trinajstić information content (AvgIpc) is 3.16. The summed E-state index contributed by atoms with van der Waals surface area (Å²) >= 11 is 8.39. The lowest BCUT2D eigenvalue weighted by Crippen LogP contribution is -2.01. The first-order valence-corrected chi connectivity index (χ1v) is 7.14. The van der Waals surface area contributed by atoms with Crippen LogP contribution in [0.1, 0.15) is 30.3 Å². The summed E-state index contributed by atoms with van der Waals surface area (Å²) in [5.74, 6) is 1.84. The molecule has 2 aromatic heterocycles. The highest BCUT2D eigenvalue weighted by molar-refractivity contribution is 14.1. The van der Waals surface area contributed by atoms with Gasteiger partial charge < -0.3 is 0 Å². The maximum Gasteiger partial charge on any atom is 0.180 e. The molecule has 1 saturated carbocycles. The molecule has 2 heterocycles. The van der Waals surface area contributed by atoms with E-state index in [0.29, 0.717) is 22.7 Å². The Hall–Kier alpha value is -0.820. The van der Waals surface area contributed by atoms with E-state index >= 15 is 0 Å². The van der Waals surface area contributed by atoms with Gasteiger partial charge >= 0.3 is 0 Å². The van der Waals surface area contributed by atoms with Gasteiger partial charge in [-0.15, -0.1) is 0 Å². The number of nitrogens with zero attached hydrogens (tertiary/aromatic N) is 4. The molecule has 0 aromatic carbocycles. The van der Waals surface area contributed by atoms with Crippen molar-refractivity contribution in [3.05, 3.63) is 32.5 Å². The number of aryl methyl sites for hydroxylation is 1. The lowest BCUT2D eigenvalue weighted by molar-refractivity contribution is 0.961. The van der Waals surface area contributed by atoms with Crippen LogP contribution in [0.3, 0.4) is 0 Å². The van der Waals surface area contributed by atoms with Crippen LogP contribution < -0.4 is 0 Å². The molecule has 6 heteroatoms. The predicted octanol–water partition coefficient (Wildman–Crippen LogP) is 3.38. The van der Waals surface area contributed by atoms with Crippen molar-refractivity contribution in [2.75, 3.05) is 0 Å². The highest BCUT2D eigenvalue weighted by atomic mass is 127. The van der Waals surface area contributed by atoms with Crippen LogP contribution in [0.2, 0.25) is 5.15 Å². The Morgan fingerprint density at radius 2 is 2.06 bits per heavy atom. The molecule has 0 radical (unpaired) electrons. The fourth-order valence-corrected chi connectivity index (χ4v) is 2.62. The van der Waals surface area contributed by atoms with E-state index in [4.69, 9.17) is 11.6 Å². The smallest absolute Gasteiger partial charge is 0.180 e. The molecule has 92 valence electrons. The van der Waals surface area contributed by atoms with Gasteiger partial charge in [-0.1, -0.05) is 11.6 Å². The largest absolute Gasteiger partial charge is 0.242 e. The van der Waals surface area contributed by atoms with Crippen molar-refractivity contribution in [3.8, 4) is 11.5 Å². The monoisotopic (exact) mass is 372 g/mol. The van der Waals surface area contributed by atoms with Crippen molar-refractivity contribution >= 4 is 34.2 Å². The number of hydrogen-bond acceptors (Lipinski definition) is 4. The molecular weight excluding hydrogens is 363 g/mol. The van der Waals surface area contributed by atoms with Crippen molar-refractivity contribution in [1.29, 1.82) is 0 Å². The standard InChI is InChI=1S/C12H10ClIN4/c1-6-15-5-4-8(16-6)12-17-10(7-2-3-7)9(14)11(13)18-12/h4-5,7H,2-3H2,1H3. The molecular formula is C12H10ClIN4. The minimum Gasteiger partial charge on any atom is -0.242 e. The Labute approximate surface area is 123 Å². The summed E-state index contributed by atoms with van der Waals surface area (Å²) in [5, 5.41) is 0.513. The summed E-state index contributed by atoms with van der Waals surface area (Å²) in [6.07, 6.45) is 4.08. The van der Waals surface area contributed by atoms with Gasteiger partial charge in [-0.05, 0) is 48.4 Å². The molecule has 1 fully saturated rings. The van der Waals surface area contributed by atoms with Crippen molar-refractivity contribution in [3.63, 3.8) is 0 Å². The number of hydrogen-bond donors (Lipinski definition) is 0. The van der Waals surface area contributed by atoms with E-state index in [1.807, 2.05) is 13.0 Å². The zero-order valence-corrected chi connectivity index (χ0v) is 12.6. The quantitative estimate of drug-likeness (QED) is 0.599. The topological polar surface area (TPSA) is 51.6 Å². The van der Waals surface area contributed by atoms with Gasteiger partial charge in [0.05, 0.1) is 9.26 Å². The summed E-state index contributed by atoms with van der Waals surface area (Å²) in [4.78, 5) is 17.3. The lowest BCUT2D eigenvalue weighted by Gasteiger charge is -2.07. The van der Waals surface area contributed by atoms with Crippen LogP contribution in [0.15, 0.2) is 12.3 Å². The summed E-state index contributed by atoms with van der Waals surface area (Å²) in [6.45, 7) is 1.85. The zero-order chi connectivity index (χ0) is 12.7. The summed E-state index contributed by atoms with van der Waals surface area (Å²) < 4.78 is 0.964. The SMILES string of the molecule is Cc1nccc(-c2nc(Cl)c(I)c(C3CC3)n2)n1. The minimum absolute atomic E-state index is 0.513. The van der Waals surface area contributed by atoms with E-state index in [0.717, 1.165) is 15.0 Å². The van der Waals surface area contributed by atoms with Crippen molar-refractivity contribution in [2.24, 2.45) is 0 Å². The highest BCUT2D eigenvalue weighted by Crippen LogP contribution is 2.42. The Morgan fingerprint density at radius 1 is 1.28 bits per heavy atom. The first-order valence-electron chi connectivity index (χ1n) is 5.68. The molecule has 3 rings (SSSR count). The van der Waals surface area contributed by atoms with Crippen LogP contribution in [-0.2, 0) is 0 Å². The van der Waals surface area contributed by atoms with Crippen molar-refractivity contribution < 1.29 is 0 Å². The van der Waals surface area contributed by atoms with Gasteiger partial charge in [0.25, 0.3) is 0 Å². The van der Waals surface area contributed by atoms with E-state index < -0.39 is 0 Å². The number of aromatic nitrogens is 4. The first-order chi connectivity index (χ1) is 8.65. The molecule has 1 aliphatic rings. The second-order valence-electron chi connectivity index (χ2n) is 4.30. The van der Waals surface area contributed by atoms with Gasteiger partial charge in [0, 0.05) is 12.1 Å². The second-order valence-corrected chi connectivity index (χ2v) is 5.74. The van der Waals surface area contributed by atoms with Crippen LogP contribution >= 0.6 is 34.2 Å². The zero-order valence-electron chi connectivity index (χ0n) is 9.69. The van der Waals surface area contributed by atoms with Crippen molar-refractivity contribution in [2.45, 2.75) is 25.7 Å². The summed E-state index contributed by atoms with van der Waals surface area (Å²) in [7, 11) is 0. The van der Waals surface area contributed by atoms with E-state index in [-0.39, 0.29) is 0 Å². The van der Waals surface area contributed by atoms with E-state index in [1.165, 1.54) is 12.8 Å². The van der Waals surface area contributed by atoms with Crippen LogP contribution in [0.5, 0.6) is 0 Å². The van der Waals surface area contributed by atoms with Crippen LogP contribution in [-0.4, -0.2) is 19.9 Å². The number of halogens is 2. The summed E-state index contributed by atoms with van der Waals surface area (Å²) in [5.41, 5.74) is 1.78. The number of rotatable bonds is 2. The molecule has 0 aliphatic heterocycles. The fraction of sp³-hybridized carbons (Fsp3) is 0.333. The molecule has 0 atom stereocenters. The first kappa shape index (κ1) is 12.2. The second kappa shape index (κ2) is 4.70. The molecule has 0 N–H and O–H groups in total. The van der Waals surface area contributed by atoms with Gasteiger partial charge in [0.2, 0.25) is 0 Å². The Kier molecular flexibility index (Phi) is 3.19. The molecule has 4 nitrogen and oxygen atoms in total. The van der Waals surface area contributed by atoms with Gasteiger partial charge in [-0.25, -0.2) is 19.9 Å². The van der Waals surface area contributed by atoms with E-state index in [9.17, 15) is 0 Å². The highest BCUT2D eigenvalue weighted by Gasteiger charge is 2.29. The summed E-state index contributed by atoms with van der Waals surface area (Å²) in [6, 6.07) is 1.81. The molecule has 1 aliphatic carbocycles. The van der Waals surface area contributed by atoms with E-state index in [2.05, 4.69) is 42.5 Å². The van der Waals surface area contributed by atoms with Gasteiger partial charge in [0.15, 0.2) is 5.82 Å². The average molecular weight is 373 g/mol. The van der Waals surface area contributed by atoms with Gasteiger partial charge in [-0.2, -0.15) is 0 Å². The molecule has 2 aromatic rings. The molecule has 0 spiro atoms. The maximum absolute atomic E-state index is 6.18. The molecule has 0 bridgehead atoms. The van der Waals surface area contributed by atoms with Crippen LogP contribution in [0.4, 0.5) is 0 Å². The van der Waals surface area contributed by atoms with Crippen molar-refractivity contribution in [1.82, 2.24) is 19.9 Å². The third-order valence-electron chi connectivity index (χ3n) is 2.81. The minimum atomic E-state index is 0.513. The van der Waals surface area contributed by atoms with E-state index in [1.54, 1.807) is 6.20 Å². The molecule has 18 heavy (non-hydrogen) atoms. The Balaban J connectivity index is 2.12. The normalized spacial score (nSPS) is 14.8. The van der Waals surface area contributed by atoms with Crippen LogP contribution in [0, 0.1) is 10.5 Å². The van der Waals surface area contributed by atoms with Gasteiger partial charge in [-0.3, -0.25) is 0 Å². The fourth-order valence-electron chi connectivity index (χ4n) is 1.76. The maximum atomic E-state index is 6.18. The lowest BCUT2D eigenvalue weighted by atomic mass is 10.2. The Bertz CT molecular complexity index is 613. The predicted molar refractivity (Wildman–Crippen MR) is 77.5 cm³/mol. The third kappa shape index (κ3) is 2.33. The molecule has 0 saturated heterocycles. The Morgan fingerprint density at radius 3 is 2.72 bits per heavy atom. The van der Waals surface area contributed by atoms with Gasteiger partial charge in [0.1, 0.15) is 16.7 Å². The third-order valence-corrected chi connectivity index (χ3v) is 4.46. The van der Waals surface area contributed by atoms with Crippen LogP contribution in [0.25, 0.3) is 11.5 Å². The molecule has 0 unspecified atom stereocenters. The molecule has 0 amide bonds.